The highest BCUT2D eigenvalue weighted by Gasteiger charge is 2.15. The summed E-state index contributed by atoms with van der Waals surface area (Å²) in [6, 6.07) is 14.6. The van der Waals surface area contributed by atoms with Crippen LogP contribution in [0.15, 0.2) is 66.9 Å². The summed E-state index contributed by atoms with van der Waals surface area (Å²) in [5.41, 5.74) is 3.21. The number of likely N-dealkylation sites (N-methyl/N-ethyl adjacent to an activating group) is 1. The van der Waals surface area contributed by atoms with Crippen molar-refractivity contribution in [1.82, 2.24) is 30.5 Å². The second-order valence-corrected chi connectivity index (χ2v) is 8.93. The molecule has 39 heavy (non-hydrogen) atoms. The van der Waals surface area contributed by atoms with E-state index in [1.165, 1.54) is 6.08 Å². The molecule has 202 valence electrons. The van der Waals surface area contributed by atoms with Gasteiger partial charge in [0.25, 0.3) is 5.91 Å². The molecule has 0 fully saturated rings. The molecule has 0 aliphatic carbocycles. The Balaban J connectivity index is 1.58. The van der Waals surface area contributed by atoms with Gasteiger partial charge in [0.1, 0.15) is 17.2 Å². The van der Waals surface area contributed by atoms with Crippen LogP contribution in [0.2, 0.25) is 0 Å². The van der Waals surface area contributed by atoms with Crippen LogP contribution in [-0.4, -0.2) is 66.5 Å². The molecule has 0 spiro atoms. The van der Waals surface area contributed by atoms with Crippen LogP contribution in [0, 0.1) is 0 Å². The van der Waals surface area contributed by atoms with Crippen LogP contribution in [0.3, 0.4) is 0 Å². The molecule has 0 saturated carbocycles. The number of methoxy groups -OCH3 is 1. The SMILES string of the molecule is CNC(=O)c1ccccc1Nc1nc(Nc2cc(CNC(=O)/C=C/CN(C)C)ccc2OC)nc2[nH]ccc12. The highest BCUT2D eigenvalue weighted by atomic mass is 16.5. The Bertz CT molecular complexity index is 1500. The number of rotatable bonds is 11. The smallest absolute Gasteiger partial charge is 0.253 e. The molecule has 2 amide bonds. The number of aromatic amines is 1. The van der Waals surface area contributed by atoms with Crippen LogP contribution in [0.1, 0.15) is 15.9 Å². The molecule has 11 heteroatoms. The number of hydrogen-bond acceptors (Lipinski definition) is 8. The number of nitrogens with zero attached hydrogens (tertiary/aromatic N) is 3. The number of nitrogens with one attached hydrogen (secondary N) is 5. The third-order valence-electron chi connectivity index (χ3n) is 5.78. The summed E-state index contributed by atoms with van der Waals surface area (Å²) in [5, 5.41) is 12.8. The summed E-state index contributed by atoms with van der Waals surface area (Å²) >= 11 is 0. The third-order valence-corrected chi connectivity index (χ3v) is 5.78. The number of hydrogen-bond donors (Lipinski definition) is 5. The van der Waals surface area contributed by atoms with Gasteiger partial charge in [0, 0.05) is 32.4 Å². The molecule has 4 rings (SSSR count). The van der Waals surface area contributed by atoms with E-state index < -0.39 is 0 Å². The van der Waals surface area contributed by atoms with E-state index in [1.54, 1.807) is 32.5 Å². The minimum atomic E-state index is -0.211. The quantitative estimate of drug-likeness (QED) is 0.187. The van der Waals surface area contributed by atoms with Gasteiger partial charge in [0.15, 0.2) is 0 Å². The summed E-state index contributed by atoms with van der Waals surface area (Å²) in [6.07, 6.45) is 5.11. The lowest BCUT2D eigenvalue weighted by Crippen LogP contribution is -2.21. The number of aromatic nitrogens is 3. The average Bonchev–Trinajstić information content (AvgIpc) is 3.41. The van der Waals surface area contributed by atoms with Gasteiger partial charge in [-0.25, -0.2) is 0 Å². The fourth-order valence-corrected chi connectivity index (χ4v) is 3.85. The topological polar surface area (TPSA) is 136 Å². The first kappa shape index (κ1) is 27.1. The summed E-state index contributed by atoms with van der Waals surface area (Å²) in [6.45, 7) is 1.02. The molecule has 0 unspecified atom stereocenters. The van der Waals surface area contributed by atoms with E-state index in [0.29, 0.717) is 53.2 Å². The number of ether oxygens (including phenoxy) is 1. The van der Waals surface area contributed by atoms with Gasteiger partial charge in [-0.2, -0.15) is 9.97 Å². The van der Waals surface area contributed by atoms with E-state index in [9.17, 15) is 9.59 Å². The average molecular weight is 529 g/mol. The van der Waals surface area contributed by atoms with Crippen LogP contribution in [0.5, 0.6) is 5.75 Å². The maximum Gasteiger partial charge on any atom is 0.253 e. The zero-order valence-corrected chi connectivity index (χ0v) is 22.3. The first-order chi connectivity index (χ1) is 18.9. The van der Waals surface area contributed by atoms with Crippen LogP contribution < -0.4 is 26.0 Å². The second kappa shape index (κ2) is 12.6. The molecule has 2 aromatic heterocycles. The molecule has 2 heterocycles. The number of amides is 2. The first-order valence-corrected chi connectivity index (χ1v) is 12.3. The molecule has 0 aliphatic heterocycles. The van der Waals surface area contributed by atoms with Crippen molar-refractivity contribution in [2.75, 3.05) is 45.4 Å². The van der Waals surface area contributed by atoms with Crippen LogP contribution in [0.4, 0.5) is 23.1 Å². The number of anilines is 4. The van der Waals surface area contributed by atoms with Gasteiger partial charge in [-0.1, -0.05) is 24.3 Å². The summed E-state index contributed by atoms with van der Waals surface area (Å²) in [7, 11) is 7.04. The van der Waals surface area contributed by atoms with Gasteiger partial charge in [0.2, 0.25) is 11.9 Å². The molecule has 0 radical (unpaired) electrons. The number of H-pyrrole nitrogens is 1. The Morgan fingerprint density at radius 3 is 2.64 bits per heavy atom. The van der Waals surface area contributed by atoms with E-state index in [1.807, 2.05) is 61.5 Å². The molecular formula is C28H32N8O3. The van der Waals surface area contributed by atoms with Gasteiger partial charge >= 0.3 is 0 Å². The van der Waals surface area contributed by atoms with E-state index in [4.69, 9.17) is 9.72 Å². The van der Waals surface area contributed by atoms with Gasteiger partial charge < -0.3 is 35.9 Å². The lowest BCUT2D eigenvalue weighted by molar-refractivity contribution is -0.116. The third kappa shape index (κ3) is 6.90. The Kier molecular flexibility index (Phi) is 8.75. The Morgan fingerprint density at radius 2 is 1.87 bits per heavy atom. The Labute approximate surface area is 226 Å². The lowest BCUT2D eigenvalue weighted by Gasteiger charge is -2.15. The fraction of sp³-hybridized carbons (Fsp3) is 0.214. The van der Waals surface area contributed by atoms with Gasteiger partial charge in [-0.3, -0.25) is 9.59 Å². The maximum absolute atomic E-state index is 12.4. The summed E-state index contributed by atoms with van der Waals surface area (Å²) in [5.74, 6) is 1.04. The molecule has 4 aromatic rings. The van der Waals surface area contributed by atoms with Crippen molar-refractivity contribution in [3.05, 3.63) is 78.0 Å². The van der Waals surface area contributed by atoms with Gasteiger partial charge in [-0.05, 0) is 50.0 Å². The minimum absolute atomic E-state index is 0.171. The number of fused-ring (bicyclic) bond motifs is 1. The number of benzene rings is 2. The predicted octanol–water partition coefficient (Wildman–Crippen LogP) is 3.55. The molecule has 2 aromatic carbocycles. The Morgan fingerprint density at radius 1 is 1.05 bits per heavy atom. The van der Waals surface area contributed by atoms with Crippen molar-refractivity contribution >= 4 is 46.0 Å². The predicted molar refractivity (Wildman–Crippen MR) is 153 cm³/mol. The van der Waals surface area contributed by atoms with Crippen molar-refractivity contribution in [2.24, 2.45) is 0 Å². The van der Waals surface area contributed by atoms with E-state index >= 15 is 0 Å². The molecule has 0 atom stereocenters. The van der Waals surface area contributed by atoms with Crippen LogP contribution in [-0.2, 0) is 11.3 Å². The largest absolute Gasteiger partial charge is 0.495 e. The number of carbonyl (C=O) groups is 2. The summed E-state index contributed by atoms with van der Waals surface area (Å²) in [4.78, 5) is 38.9. The molecule has 0 bridgehead atoms. The normalized spacial score (nSPS) is 11.1. The van der Waals surface area contributed by atoms with Crippen molar-refractivity contribution in [3.63, 3.8) is 0 Å². The minimum Gasteiger partial charge on any atom is -0.495 e. The van der Waals surface area contributed by atoms with Gasteiger partial charge in [-0.15, -0.1) is 0 Å². The summed E-state index contributed by atoms with van der Waals surface area (Å²) < 4.78 is 5.54. The van der Waals surface area contributed by atoms with Gasteiger partial charge in [0.05, 0.1) is 29.4 Å². The fourth-order valence-electron chi connectivity index (χ4n) is 3.85. The lowest BCUT2D eigenvalue weighted by atomic mass is 10.1. The van der Waals surface area contributed by atoms with Crippen molar-refractivity contribution < 1.29 is 14.3 Å². The number of para-hydroxylation sites is 1. The molecule has 0 saturated heterocycles. The second-order valence-electron chi connectivity index (χ2n) is 8.93. The highest BCUT2D eigenvalue weighted by Crippen LogP contribution is 2.31. The van der Waals surface area contributed by atoms with E-state index in [0.717, 1.165) is 10.9 Å². The van der Waals surface area contributed by atoms with Crippen molar-refractivity contribution in [2.45, 2.75) is 6.54 Å². The molecular weight excluding hydrogens is 496 g/mol. The standard InChI is InChI=1S/C28H32N8O3/c1-29-27(38)19-8-5-6-9-21(19)32-26-20-13-14-30-25(20)34-28(35-26)33-22-16-18(11-12-23(22)39-4)17-31-24(37)10-7-15-36(2)3/h5-14,16H,15,17H2,1-4H3,(H,29,38)(H,31,37)(H3,30,32,33,34,35)/b10-7+. The first-order valence-electron chi connectivity index (χ1n) is 12.3. The molecule has 11 nitrogen and oxygen atoms in total. The zero-order valence-electron chi connectivity index (χ0n) is 22.3. The van der Waals surface area contributed by atoms with Crippen molar-refractivity contribution in [3.8, 4) is 5.75 Å². The Hall–Kier alpha value is -4.90. The zero-order chi connectivity index (χ0) is 27.8. The van der Waals surface area contributed by atoms with Crippen molar-refractivity contribution in [1.29, 1.82) is 0 Å². The number of carbonyl (C=O) groups excluding carboxylic acids is 2. The van der Waals surface area contributed by atoms with E-state index in [-0.39, 0.29) is 11.8 Å². The monoisotopic (exact) mass is 528 g/mol. The molecule has 5 N–H and O–H groups in total. The van der Waals surface area contributed by atoms with Crippen LogP contribution in [0.25, 0.3) is 11.0 Å². The van der Waals surface area contributed by atoms with Crippen LogP contribution >= 0.6 is 0 Å². The van der Waals surface area contributed by atoms with E-state index in [2.05, 4.69) is 31.2 Å². The maximum atomic E-state index is 12.4. The molecule has 0 aliphatic rings. The highest BCUT2D eigenvalue weighted by molar-refractivity contribution is 6.01.